The van der Waals surface area contributed by atoms with Gasteiger partial charge in [0.05, 0.1) is 5.69 Å². The van der Waals surface area contributed by atoms with Crippen LogP contribution in [-0.4, -0.2) is 54.1 Å². The summed E-state index contributed by atoms with van der Waals surface area (Å²) in [7, 11) is 4.25. The summed E-state index contributed by atoms with van der Waals surface area (Å²) in [6.45, 7) is 5.62. The van der Waals surface area contributed by atoms with Crippen LogP contribution in [0.15, 0.2) is 4.52 Å². The van der Waals surface area contributed by atoms with Crippen molar-refractivity contribution in [1.82, 2.24) is 15.0 Å². The van der Waals surface area contributed by atoms with Gasteiger partial charge in [-0.1, -0.05) is 5.16 Å². The van der Waals surface area contributed by atoms with Gasteiger partial charge in [-0.3, -0.25) is 4.79 Å². The summed E-state index contributed by atoms with van der Waals surface area (Å²) < 4.78 is 5.15. The highest BCUT2D eigenvalue weighted by Gasteiger charge is 2.22. The quantitative estimate of drug-likeness (QED) is 0.853. The van der Waals surface area contributed by atoms with E-state index in [1.807, 2.05) is 18.7 Å². The van der Waals surface area contributed by atoms with E-state index in [-0.39, 0.29) is 5.91 Å². The highest BCUT2D eigenvalue weighted by atomic mass is 16.5. The predicted octanol–water partition coefficient (Wildman–Crippen LogP) is 2.17. The molecule has 118 valence electrons. The molecule has 0 unspecified atom stereocenters. The van der Waals surface area contributed by atoms with Crippen LogP contribution in [0.25, 0.3) is 0 Å². The maximum atomic E-state index is 12.4. The van der Waals surface area contributed by atoms with Crippen molar-refractivity contribution >= 4 is 5.91 Å². The van der Waals surface area contributed by atoms with Crippen molar-refractivity contribution in [3.63, 3.8) is 0 Å². The van der Waals surface area contributed by atoms with E-state index in [0.717, 1.165) is 49.4 Å². The monoisotopic (exact) mass is 293 g/mol. The molecule has 0 bridgehead atoms. The van der Waals surface area contributed by atoms with Crippen molar-refractivity contribution in [2.75, 3.05) is 27.2 Å². The summed E-state index contributed by atoms with van der Waals surface area (Å²) in [5.74, 6) is 1.10. The molecule has 1 aliphatic heterocycles. The second-order valence-corrected chi connectivity index (χ2v) is 6.23. The molecule has 0 aromatic carbocycles. The number of nitrogens with zero attached hydrogens (tertiary/aromatic N) is 3. The molecule has 0 spiro atoms. The first-order valence-electron chi connectivity index (χ1n) is 7.85. The van der Waals surface area contributed by atoms with E-state index in [9.17, 15) is 4.79 Å². The smallest absolute Gasteiger partial charge is 0.222 e. The minimum atomic E-state index is 0.259. The molecule has 1 aromatic rings. The van der Waals surface area contributed by atoms with Gasteiger partial charge in [0.1, 0.15) is 5.76 Å². The van der Waals surface area contributed by atoms with Gasteiger partial charge in [-0.2, -0.15) is 0 Å². The van der Waals surface area contributed by atoms with Gasteiger partial charge >= 0.3 is 0 Å². The van der Waals surface area contributed by atoms with Crippen molar-refractivity contribution in [3.8, 4) is 0 Å². The Bertz CT molecular complexity index is 462. The average Bonchev–Trinajstić information content (AvgIpc) is 2.68. The first-order valence-corrected chi connectivity index (χ1v) is 7.85. The van der Waals surface area contributed by atoms with Gasteiger partial charge in [-0.25, -0.2) is 0 Å². The van der Waals surface area contributed by atoms with E-state index in [1.54, 1.807) is 0 Å². The maximum absolute atomic E-state index is 12.4. The Morgan fingerprint density at radius 3 is 2.71 bits per heavy atom. The van der Waals surface area contributed by atoms with Gasteiger partial charge in [-0.15, -0.1) is 0 Å². The number of rotatable bonds is 4. The Balaban J connectivity index is 1.86. The lowest BCUT2D eigenvalue weighted by Crippen LogP contribution is -2.34. The third-order valence-electron chi connectivity index (χ3n) is 4.55. The number of aryl methyl sites for hydroxylation is 2. The van der Waals surface area contributed by atoms with Crippen LogP contribution in [0.5, 0.6) is 0 Å². The van der Waals surface area contributed by atoms with Crippen LogP contribution >= 0.6 is 0 Å². The van der Waals surface area contributed by atoms with E-state index in [1.165, 1.54) is 6.42 Å². The van der Waals surface area contributed by atoms with Gasteiger partial charge in [0, 0.05) is 31.1 Å². The van der Waals surface area contributed by atoms with Crippen LogP contribution < -0.4 is 0 Å². The molecule has 0 saturated carbocycles. The number of carbonyl (C=O) groups excluding carboxylic acids is 1. The Hall–Kier alpha value is -1.36. The highest BCUT2D eigenvalue weighted by molar-refractivity contribution is 5.76. The molecule has 2 rings (SSSR count). The first kappa shape index (κ1) is 16.0. The fraction of sp³-hybridized carbons (Fsp3) is 0.750. The van der Waals surface area contributed by atoms with Gasteiger partial charge < -0.3 is 14.3 Å². The first-order chi connectivity index (χ1) is 9.99. The number of likely N-dealkylation sites (tertiary alicyclic amines) is 1. The predicted molar refractivity (Wildman–Crippen MR) is 82.2 cm³/mol. The fourth-order valence-corrected chi connectivity index (χ4v) is 3.09. The van der Waals surface area contributed by atoms with Gasteiger partial charge in [0.15, 0.2) is 0 Å². The van der Waals surface area contributed by atoms with Crippen LogP contribution in [0, 0.1) is 13.8 Å². The minimum absolute atomic E-state index is 0.259. The highest BCUT2D eigenvalue weighted by Crippen LogP contribution is 2.18. The number of aromatic nitrogens is 1. The molecule has 2 heterocycles. The molecule has 1 aliphatic rings. The summed E-state index contributed by atoms with van der Waals surface area (Å²) in [5.41, 5.74) is 1.99. The summed E-state index contributed by atoms with van der Waals surface area (Å²) in [5, 5.41) is 3.95. The zero-order chi connectivity index (χ0) is 15.4. The molecule has 1 saturated heterocycles. The summed E-state index contributed by atoms with van der Waals surface area (Å²) in [6.07, 6.45) is 4.63. The molecule has 1 amide bonds. The third kappa shape index (κ3) is 4.06. The van der Waals surface area contributed by atoms with Crippen molar-refractivity contribution in [2.24, 2.45) is 0 Å². The van der Waals surface area contributed by atoms with Crippen LogP contribution in [0.1, 0.15) is 42.7 Å². The second-order valence-electron chi connectivity index (χ2n) is 6.23. The molecular formula is C16H27N3O2. The molecular weight excluding hydrogens is 266 g/mol. The zero-order valence-electron chi connectivity index (χ0n) is 13.7. The van der Waals surface area contributed by atoms with Crippen molar-refractivity contribution in [1.29, 1.82) is 0 Å². The lowest BCUT2D eigenvalue weighted by molar-refractivity contribution is -0.131. The molecule has 1 atom stereocenters. The lowest BCUT2D eigenvalue weighted by Gasteiger charge is -2.23. The van der Waals surface area contributed by atoms with E-state index < -0.39 is 0 Å². The summed E-state index contributed by atoms with van der Waals surface area (Å²) >= 11 is 0. The van der Waals surface area contributed by atoms with Crippen molar-refractivity contribution in [2.45, 2.75) is 52.0 Å². The standard InChI is InChI=1S/C16H27N3O2/c1-12-15(13(2)21-17-12)7-8-16(20)19-10-5-6-14(9-11-19)18(3)4/h14H,5-11H2,1-4H3/t14-/m0/s1. The fourth-order valence-electron chi connectivity index (χ4n) is 3.09. The Morgan fingerprint density at radius 2 is 2.10 bits per heavy atom. The maximum Gasteiger partial charge on any atom is 0.222 e. The molecule has 21 heavy (non-hydrogen) atoms. The number of amides is 1. The van der Waals surface area contributed by atoms with Crippen LogP contribution in [-0.2, 0) is 11.2 Å². The van der Waals surface area contributed by atoms with E-state index in [2.05, 4.69) is 24.2 Å². The van der Waals surface area contributed by atoms with Crippen LogP contribution in [0.4, 0.5) is 0 Å². The Morgan fingerprint density at radius 1 is 1.33 bits per heavy atom. The SMILES string of the molecule is Cc1noc(C)c1CCC(=O)N1CCC[C@H](N(C)C)CC1. The Labute approximate surface area is 127 Å². The van der Waals surface area contributed by atoms with E-state index >= 15 is 0 Å². The average molecular weight is 293 g/mol. The largest absolute Gasteiger partial charge is 0.361 e. The van der Waals surface area contributed by atoms with Gasteiger partial charge in [-0.05, 0) is 53.6 Å². The van der Waals surface area contributed by atoms with Crippen LogP contribution in [0.3, 0.4) is 0 Å². The molecule has 5 nitrogen and oxygen atoms in total. The topological polar surface area (TPSA) is 49.6 Å². The van der Waals surface area contributed by atoms with Gasteiger partial charge in [0.25, 0.3) is 0 Å². The zero-order valence-corrected chi connectivity index (χ0v) is 13.7. The van der Waals surface area contributed by atoms with Crippen molar-refractivity contribution < 1.29 is 9.32 Å². The summed E-state index contributed by atoms with van der Waals surface area (Å²) in [4.78, 5) is 16.7. The second kappa shape index (κ2) is 7.07. The molecule has 0 N–H and O–H groups in total. The normalized spacial score (nSPS) is 19.9. The molecule has 0 aliphatic carbocycles. The third-order valence-corrected chi connectivity index (χ3v) is 4.55. The Kier molecular flexibility index (Phi) is 5.39. The van der Waals surface area contributed by atoms with Crippen LogP contribution in [0.2, 0.25) is 0 Å². The van der Waals surface area contributed by atoms with E-state index in [4.69, 9.17) is 4.52 Å². The number of carbonyl (C=O) groups is 1. The number of hydrogen-bond donors (Lipinski definition) is 0. The number of hydrogen-bond acceptors (Lipinski definition) is 4. The van der Waals surface area contributed by atoms with Crippen molar-refractivity contribution in [3.05, 3.63) is 17.0 Å². The van der Waals surface area contributed by atoms with E-state index in [0.29, 0.717) is 12.5 Å². The molecule has 0 radical (unpaired) electrons. The molecule has 1 aromatic heterocycles. The minimum Gasteiger partial charge on any atom is -0.361 e. The molecule has 5 heteroatoms. The molecule has 1 fully saturated rings. The summed E-state index contributed by atoms with van der Waals surface area (Å²) in [6, 6.07) is 0.602. The van der Waals surface area contributed by atoms with Gasteiger partial charge in [0.2, 0.25) is 5.91 Å². The lowest BCUT2D eigenvalue weighted by atomic mass is 10.1.